The van der Waals surface area contributed by atoms with E-state index in [1.54, 1.807) is 6.20 Å². The predicted octanol–water partition coefficient (Wildman–Crippen LogP) is 3.60. The van der Waals surface area contributed by atoms with Crippen molar-refractivity contribution < 1.29 is 18.0 Å². The van der Waals surface area contributed by atoms with Crippen LogP contribution in [0.15, 0.2) is 24.8 Å². The van der Waals surface area contributed by atoms with E-state index in [1.165, 1.54) is 0 Å². The van der Waals surface area contributed by atoms with Crippen molar-refractivity contribution in [3.05, 3.63) is 24.8 Å². The number of H-pyrrole nitrogens is 1. The number of hydrogen-bond donors (Lipinski definition) is 2. The summed E-state index contributed by atoms with van der Waals surface area (Å²) in [5.41, 5.74) is 2.67. The summed E-state index contributed by atoms with van der Waals surface area (Å²) in [6.45, 7) is -1.25. The Balaban J connectivity index is 1.42. The molecule has 7 nitrogen and oxygen atoms in total. The smallest absolute Gasteiger partial charge is 0.346 e. The highest BCUT2D eigenvalue weighted by Gasteiger charge is 2.32. The second-order valence-corrected chi connectivity index (χ2v) is 7.31. The van der Waals surface area contributed by atoms with Crippen LogP contribution in [-0.2, 0) is 0 Å². The number of pyridine rings is 1. The molecule has 0 aliphatic heterocycles. The van der Waals surface area contributed by atoms with E-state index in [4.69, 9.17) is 0 Å². The van der Waals surface area contributed by atoms with Gasteiger partial charge >= 0.3 is 12.2 Å². The van der Waals surface area contributed by atoms with Crippen molar-refractivity contribution in [3.63, 3.8) is 0 Å². The van der Waals surface area contributed by atoms with Gasteiger partial charge in [0.1, 0.15) is 17.7 Å². The van der Waals surface area contributed by atoms with Gasteiger partial charge in [0.2, 0.25) is 0 Å². The van der Waals surface area contributed by atoms with Crippen molar-refractivity contribution in [2.45, 2.75) is 43.9 Å². The molecule has 10 heteroatoms. The number of carbonyl (C=O) groups is 1. The zero-order valence-electron chi connectivity index (χ0n) is 15.3. The fraction of sp³-hybridized carbons (Fsp3) is 0.500. The van der Waals surface area contributed by atoms with Gasteiger partial charge in [-0.2, -0.15) is 13.2 Å². The van der Waals surface area contributed by atoms with Gasteiger partial charge in [0.25, 0.3) is 0 Å². The van der Waals surface area contributed by atoms with Gasteiger partial charge in [-0.25, -0.2) is 14.8 Å². The van der Waals surface area contributed by atoms with Crippen LogP contribution in [0.4, 0.5) is 18.0 Å². The van der Waals surface area contributed by atoms with E-state index in [2.05, 4.69) is 24.8 Å². The van der Waals surface area contributed by atoms with Crippen molar-refractivity contribution in [1.29, 1.82) is 0 Å². The number of amides is 2. The first kappa shape index (κ1) is 18.6. The largest absolute Gasteiger partial charge is 0.406 e. The molecule has 0 radical (unpaired) electrons. The van der Waals surface area contributed by atoms with E-state index in [9.17, 15) is 18.0 Å². The number of nitrogens with zero attached hydrogens (tertiary/aromatic N) is 4. The van der Waals surface area contributed by atoms with E-state index >= 15 is 0 Å². The lowest BCUT2D eigenvalue weighted by Gasteiger charge is -2.31. The van der Waals surface area contributed by atoms with Crippen molar-refractivity contribution in [2.24, 2.45) is 0 Å². The van der Waals surface area contributed by atoms with E-state index in [0.29, 0.717) is 17.7 Å². The lowest BCUT2D eigenvalue weighted by atomic mass is 9.91. The first-order valence-electron chi connectivity index (χ1n) is 9.19. The molecule has 1 aliphatic carbocycles. The number of aromatic nitrogens is 4. The van der Waals surface area contributed by atoms with Crippen molar-refractivity contribution in [2.75, 3.05) is 13.6 Å². The van der Waals surface area contributed by atoms with Crippen LogP contribution in [0.3, 0.4) is 0 Å². The van der Waals surface area contributed by atoms with E-state index in [0.717, 1.165) is 42.0 Å². The fourth-order valence-corrected chi connectivity index (χ4v) is 3.93. The summed E-state index contributed by atoms with van der Waals surface area (Å²) in [7, 11) is 1.16. The Morgan fingerprint density at radius 3 is 2.79 bits per heavy atom. The maximum absolute atomic E-state index is 12.4. The lowest BCUT2D eigenvalue weighted by Crippen LogP contribution is -2.47. The minimum Gasteiger partial charge on any atom is -0.346 e. The molecule has 4 rings (SSSR count). The molecule has 3 heterocycles. The molecule has 1 saturated carbocycles. The number of imidazole rings is 1. The number of alkyl halides is 3. The highest BCUT2D eigenvalue weighted by molar-refractivity contribution is 6.00. The van der Waals surface area contributed by atoms with Gasteiger partial charge in [0, 0.05) is 30.7 Å². The third-order valence-electron chi connectivity index (χ3n) is 5.30. The average Bonchev–Trinajstić information content (AvgIpc) is 3.27. The number of halogens is 3. The number of aromatic amines is 1. The molecule has 1 aliphatic rings. The minimum atomic E-state index is -4.40. The number of hydrogen-bond acceptors (Lipinski definition) is 3. The van der Waals surface area contributed by atoms with Crippen LogP contribution >= 0.6 is 0 Å². The van der Waals surface area contributed by atoms with Crippen molar-refractivity contribution >= 4 is 28.1 Å². The Labute approximate surface area is 158 Å². The summed E-state index contributed by atoms with van der Waals surface area (Å²) in [5, 5.41) is 3.73. The quantitative estimate of drug-likeness (QED) is 0.712. The van der Waals surface area contributed by atoms with Crippen molar-refractivity contribution in [1.82, 2.24) is 29.7 Å². The minimum absolute atomic E-state index is 0.122. The van der Waals surface area contributed by atoms with Gasteiger partial charge in [-0.3, -0.25) is 0 Å². The van der Waals surface area contributed by atoms with Crippen LogP contribution in [0.25, 0.3) is 22.1 Å². The zero-order valence-corrected chi connectivity index (χ0v) is 15.3. The second-order valence-electron chi connectivity index (χ2n) is 7.31. The number of carbonyl (C=O) groups excluding carboxylic acids is 1. The van der Waals surface area contributed by atoms with Crippen LogP contribution in [0, 0.1) is 0 Å². The maximum Gasteiger partial charge on any atom is 0.406 e. The molecule has 2 N–H and O–H groups in total. The highest BCUT2D eigenvalue weighted by Crippen LogP contribution is 2.33. The van der Waals surface area contributed by atoms with Gasteiger partial charge in [0.15, 0.2) is 0 Å². The van der Waals surface area contributed by atoms with Gasteiger partial charge < -0.3 is 19.8 Å². The van der Waals surface area contributed by atoms with E-state index in [1.807, 2.05) is 18.6 Å². The summed E-state index contributed by atoms with van der Waals surface area (Å²) in [5.74, 6) is 0. The number of rotatable bonds is 3. The second kappa shape index (κ2) is 6.99. The third-order valence-corrected chi connectivity index (χ3v) is 5.30. The molecule has 2 amide bonds. The first-order valence-corrected chi connectivity index (χ1v) is 9.19. The van der Waals surface area contributed by atoms with Gasteiger partial charge in [-0.1, -0.05) is 0 Å². The van der Waals surface area contributed by atoms with Crippen LogP contribution < -0.4 is 5.32 Å². The maximum atomic E-state index is 12.4. The monoisotopic (exact) mass is 394 g/mol. The van der Waals surface area contributed by atoms with Crippen molar-refractivity contribution in [3.8, 4) is 0 Å². The van der Waals surface area contributed by atoms with Crippen LogP contribution in [0.1, 0.15) is 31.7 Å². The van der Waals surface area contributed by atoms with Crippen LogP contribution in [0.5, 0.6) is 0 Å². The molecule has 150 valence electrons. The molecule has 0 aromatic carbocycles. The zero-order chi connectivity index (χ0) is 19.9. The fourth-order valence-electron chi connectivity index (χ4n) is 3.93. The Kier molecular flexibility index (Phi) is 4.64. The van der Waals surface area contributed by atoms with Gasteiger partial charge in [-0.15, -0.1) is 0 Å². The molecule has 0 bridgehead atoms. The summed E-state index contributed by atoms with van der Waals surface area (Å²) >= 11 is 0. The van der Waals surface area contributed by atoms with Crippen LogP contribution in [-0.4, -0.2) is 56.3 Å². The molecule has 3 aromatic heterocycles. The molecule has 28 heavy (non-hydrogen) atoms. The van der Waals surface area contributed by atoms with Gasteiger partial charge in [-0.05, 0) is 31.7 Å². The normalized spacial score (nSPS) is 20.6. The summed E-state index contributed by atoms with van der Waals surface area (Å²) in [6.07, 6.45) is 4.05. The Hall–Kier alpha value is -2.78. The SMILES string of the molecule is CN(CC(F)(F)F)C(=O)NC1CCC(n2cnc3cnc4[nH]ccc4c32)CC1. The topological polar surface area (TPSA) is 78.8 Å². The van der Waals surface area contributed by atoms with Gasteiger partial charge in [0.05, 0.1) is 18.0 Å². The number of nitrogens with one attached hydrogen (secondary N) is 2. The van der Waals surface area contributed by atoms with Crippen LogP contribution in [0.2, 0.25) is 0 Å². The first-order chi connectivity index (χ1) is 13.3. The molecular weight excluding hydrogens is 373 g/mol. The predicted molar refractivity (Wildman–Crippen MR) is 97.9 cm³/mol. The van der Waals surface area contributed by atoms with E-state index < -0.39 is 18.8 Å². The summed E-state index contributed by atoms with van der Waals surface area (Å²) < 4.78 is 39.4. The molecule has 0 spiro atoms. The average molecular weight is 394 g/mol. The third kappa shape index (κ3) is 3.63. The Bertz CT molecular complexity index is 986. The molecule has 3 aromatic rings. The molecular formula is C18H21F3N6O. The van der Waals surface area contributed by atoms with E-state index in [-0.39, 0.29) is 12.1 Å². The lowest BCUT2D eigenvalue weighted by molar-refractivity contribution is -0.137. The number of fused-ring (bicyclic) bond motifs is 3. The molecule has 1 fully saturated rings. The highest BCUT2D eigenvalue weighted by atomic mass is 19.4. The molecule has 0 unspecified atom stereocenters. The molecule has 0 saturated heterocycles. The Morgan fingerprint density at radius 1 is 1.32 bits per heavy atom. The summed E-state index contributed by atoms with van der Waals surface area (Å²) in [4.78, 5) is 24.6. The number of urea groups is 1. The standard InChI is InChI=1S/C18H21F3N6O/c1-26(9-18(19,20)21)17(28)25-11-2-4-12(5-3-11)27-10-24-14-8-23-16-13(15(14)27)6-7-22-16/h6-8,10-12H,2-5,9H2,1H3,(H,22,23)(H,25,28). The molecule has 0 atom stereocenters. The summed E-state index contributed by atoms with van der Waals surface area (Å²) in [6, 6.07) is 1.40. The Morgan fingerprint density at radius 2 is 2.07 bits per heavy atom.